The molecule has 0 saturated heterocycles. The second kappa shape index (κ2) is 5.50. The summed E-state index contributed by atoms with van der Waals surface area (Å²) >= 11 is 0. The lowest BCUT2D eigenvalue weighted by Crippen LogP contribution is -2.17. The fraction of sp³-hybridized carbons (Fsp3) is 0.214. The summed E-state index contributed by atoms with van der Waals surface area (Å²) in [7, 11) is 1.66. The van der Waals surface area contributed by atoms with Crippen LogP contribution < -0.4 is 10.6 Å². The van der Waals surface area contributed by atoms with Crippen LogP contribution in [0.1, 0.15) is 11.3 Å². The van der Waals surface area contributed by atoms with Crippen molar-refractivity contribution in [3.05, 3.63) is 53.7 Å². The highest BCUT2D eigenvalue weighted by Gasteiger charge is 2.32. The molecular weight excluding hydrogens is 267 g/mol. The van der Waals surface area contributed by atoms with Crippen LogP contribution in [0.15, 0.2) is 42.5 Å². The van der Waals surface area contributed by atoms with Gasteiger partial charge in [0.2, 0.25) is 0 Å². The van der Waals surface area contributed by atoms with E-state index in [0.29, 0.717) is 6.54 Å². The molecule has 2 N–H and O–H groups in total. The number of anilines is 2. The Kier molecular flexibility index (Phi) is 3.94. The van der Waals surface area contributed by atoms with Gasteiger partial charge in [0.1, 0.15) is 11.5 Å². The Hall–Kier alpha value is -2.08. The molecule has 0 bridgehead atoms. The summed E-state index contributed by atoms with van der Waals surface area (Å²) in [6, 6.07) is 11.1. The summed E-state index contributed by atoms with van der Waals surface area (Å²) in [4.78, 5) is 5.25. The number of aromatic nitrogens is 1. The lowest BCUT2D eigenvalue weighted by atomic mass is 10.1. The number of alkyl halides is 3. The van der Waals surface area contributed by atoms with Crippen LogP contribution in [0, 0.1) is 0 Å². The molecule has 0 aliphatic rings. The molecule has 0 atom stereocenters. The molecule has 2 aromatic rings. The molecule has 0 aliphatic carbocycles. The highest BCUT2D eigenvalue weighted by Crippen LogP contribution is 2.31. The number of para-hydroxylation sites is 1. The first-order valence-electron chi connectivity index (χ1n) is 5.99. The van der Waals surface area contributed by atoms with Gasteiger partial charge < -0.3 is 10.6 Å². The van der Waals surface area contributed by atoms with E-state index in [4.69, 9.17) is 5.73 Å². The van der Waals surface area contributed by atoms with E-state index in [-0.39, 0.29) is 5.82 Å². The molecule has 0 spiro atoms. The first-order chi connectivity index (χ1) is 9.43. The van der Waals surface area contributed by atoms with Crippen molar-refractivity contribution in [3.63, 3.8) is 0 Å². The van der Waals surface area contributed by atoms with Crippen LogP contribution in [0.25, 0.3) is 0 Å². The zero-order valence-electron chi connectivity index (χ0n) is 10.9. The zero-order chi connectivity index (χ0) is 14.8. The molecule has 106 valence electrons. The third-order valence-corrected chi connectivity index (χ3v) is 2.94. The van der Waals surface area contributed by atoms with Crippen LogP contribution in [-0.4, -0.2) is 12.0 Å². The molecule has 2 rings (SSSR count). The number of halogens is 3. The summed E-state index contributed by atoms with van der Waals surface area (Å²) in [5, 5.41) is 0. The second-order valence-corrected chi connectivity index (χ2v) is 4.27. The predicted molar refractivity (Wildman–Crippen MR) is 71.6 cm³/mol. The Labute approximate surface area is 114 Å². The molecule has 0 amide bonds. The average Bonchev–Trinajstić information content (AvgIpc) is 2.45. The smallest absolute Gasteiger partial charge is 0.329 e. The fourth-order valence-electron chi connectivity index (χ4n) is 1.90. The standard InChI is InChI=1S/C14H14F3N3/c1-20(11-6-3-2-5-10(11)9-18)13-8-4-7-12(19-13)14(15,16)17/h2-8H,9,18H2,1H3. The van der Waals surface area contributed by atoms with Crippen molar-refractivity contribution in [3.8, 4) is 0 Å². The van der Waals surface area contributed by atoms with E-state index in [1.165, 1.54) is 12.1 Å². The molecule has 6 heteroatoms. The first-order valence-corrected chi connectivity index (χ1v) is 5.99. The number of nitrogens with two attached hydrogens (primary N) is 1. The summed E-state index contributed by atoms with van der Waals surface area (Å²) < 4.78 is 38.0. The maximum absolute atomic E-state index is 12.7. The topological polar surface area (TPSA) is 42.2 Å². The maximum atomic E-state index is 12.7. The molecule has 0 aliphatic heterocycles. The fourth-order valence-corrected chi connectivity index (χ4v) is 1.90. The van der Waals surface area contributed by atoms with Gasteiger partial charge in [-0.25, -0.2) is 4.98 Å². The normalized spacial score (nSPS) is 11.4. The lowest BCUT2D eigenvalue weighted by molar-refractivity contribution is -0.141. The van der Waals surface area contributed by atoms with Gasteiger partial charge in [-0.3, -0.25) is 0 Å². The van der Waals surface area contributed by atoms with Crippen LogP contribution in [-0.2, 0) is 12.7 Å². The maximum Gasteiger partial charge on any atom is 0.433 e. The van der Waals surface area contributed by atoms with E-state index in [9.17, 15) is 13.2 Å². The van der Waals surface area contributed by atoms with Gasteiger partial charge in [0.05, 0.1) is 0 Å². The minimum atomic E-state index is -4.45. The molecule has 3 nitrogen and oxygen atoms in total. The van der Waals surface area contributed by atoms with Crippen molar-refractivity contribution >= 4 is 11.5 Å². The van der Waals surface area contributed by atoms with Gasteiger partial charge >= 0.3 is 6.18 Å². The number of hydrogen-bond donors (Lipinski definition) is 1. The Morgan fingerprint density at radius 1 is 1.10 bits per heavy atom. The third-order valence-electron chi connectivity index (χ3n) is 2.94. The Morgan fingerprint density at radius 3 is 2.45 bits per heavy atom. The van der Waals surface area contributed by atoms with Gasteiger partial charge in [-0.1, -0.05) is 24.3 Å². The minimum absolute atomic E-state index is 0.223. The van der Waals surface area contributed by atoms with Gasteiger partial charge in [0, 0.05) is 19.3 Å². The Morgan fingerprint density at radius 2 is 1.80 bits per heavy atom. The van der Waals surface area contributed by atoms with Crippen molar-refractivity contribution < 1.29 is 13.2 Å². The zero-order valence-corrected chi connectivity index (χ0v) is 10.9. The summed E-state index contributed by atoms with van der Waals surface area (Å²) in [5.41, 5.74) is 6.31. The first kappa shape index (κ1) is 14.3. The van der Waals surface area contributed by atoms with Gasteiger partial charge in [-0.15, -0.1) is 0 Å². The van der Waals surface area contributed by atoms with Gasteiger partial charge in [0.25, 0.3) is 0 Å². The van der Waals surface area contributed by atoms with Crippen LogP contribution in [0.3, 0.4) is 0 Å². The monoisotopic (exact) mass is 281 g/mol. The number of pyridine rings is 1. The molecule has 1 aromatic carbocycles. The molecule has 1 aromatic heterocycles. The molecular formula is C14H14F3N3. The Bertz CT molecular complexity index is 596. The van der Waals surface area contributed by atoms with Gasteiger partial charge in [0.15, 0.2) is 0 Å². The highest BCUT2D eigenvalue weighted by atomic mass is 19.4. The highest BCUT2D eigenvalue weighted by molar-refractivity contribution is 5.63. The minimum Gasteiger partial charge on any atom is -0.329 e. The van der Waals surface area contributed by atoms with Crippen LogP contribution >= 0.6 is 0 Å². The quantitative estimate of drug-likeness (QED) is 0.938. The average molecular weight is 281 g/mol. The van der Waals surface area contributed by atoms with E-state index >= 15 is 0 Å². The van der Waals surface area contributed by atoms with E-state index in [1.54, 1.807) is 24.1 Å². The number of nitrogens with zero attached hydrogens (tertiary/aromatic N) is 2. The number of rotatable bonds is 3. The molecule has 0 unspecified atom stereocenters. The number of benzene rings is 1. The second-order valence-electron chi connectivity index (χ2n) is 4.27. The van der Waals surface area contributed by atoms with Crippen molar-refractivity contribution in [2.45, 2.75) is 12.7 Å². The van der Waals surface area contributed by atoms with Crippen LogP contribution in [0.5, 0.6) is 0 Å². The van der Waals surface area contributed by atoms with Crippen LogP contribution in [0.4, 0.5) is 24.7 Å². The summed E-state index contributed by atoms with van der Waals surface area (Å²) in [6.07, 6.45) is -4.45. The third kappa shape index (κ3) is 2.91. The van der Waals surface area contributed by atoms with E-state index in [0.717, 1.165) is 17.3 Å². The van der Waals surface area contributed by atoms with Crippen molar-refractivity contribution in [1.29, 1.82) is 0 Å². The van der Waals surface area contributed by atoms with Crippen LogP contribution in [0.2, 0.25) is 0 Å². The van der Waals surface area contributed by atoms with E-state index in [1.807, 2.05) is 12.1 Å². The van der Waals surface area contributed by atoms with Gasteiger partial charge in [-0.2, -0.15) is 13.2 Å². The SMILES string of the molecule is CN(c1cccc(C(F)(F)F)n1)c1ccccc1CN. The van der Waals surface area contributed by atoms with Crippen molar-refractivity contribution in [2.75, 3.05) is 11.9 Å². The van der Waals surface area contributed by atoms with Crippen molar-refractivity contribution in [2.24, 2.45) is 5.73 Å². The van der Waals surface area contributed by atoms with E-state index < -0.39 is 11.9 Å². The van der Waals surface area contributed by atoms with E-state index in [2.05, 4.69) is 4.98 Å². The lowest BCUT2D eigenvalue weighted by Gasteiger charge is -2.22. The van der Waals surface area contributed by atoms with Crippen molar-refractivity contribution in [1.82, 2.24) is 4.98 Å². The largest absolute Gasteiger partial charge is 0.433 e. The summed E-state index contributed by atoms with van der Waals surface area (Å²) in [5.74, 6) is 0.223. The molecule has 0 saturated carbocycles. The molecule has 0 radical (unpaired) electrons. The molecule has 0 fully saturated rings. The predicted octanol–water partition coefficient (Wildman–Crippen LogP) is 3.33. The molecule has 1 heterocycles. The Balaban J connectivity index is 2.41. The molecule has 20 heavy (non-hydrogen) atoms. The summed E-state index contributed by atoms with van der Waals surface area (Å²) in [6.45, 7) is 0.305. The number of hydrogen-bond acceptors (Lipinski definition) is 3. The van der Waals surface area contributed by atoms with Gasteiger partial charge in [-0.05, 0) is 23.8 Å².